The van der Waals surface area contributed by atoms with E-state index < -0.39 is 5.41 Å². The third-order valence-electron chi connectivity index (χ3n) is 4.09. The molecule has 0 radical (unpaired) electrons. The van der Waals surface area contributed by atoms with Crippen LogP contribution in [0.4, 0.5) is 5.69 Å². The van der Waals surface area contributed by atoms with E-state index in [1.807, 2.05) is 25.2 Å². The van der Waals surface area contributed by atoms with Gasteiger partial charge >= 0.3 is 0 Å². The van der Waals surface area contributed by atoms with Crippen LogP contribution in [-0.2, 0) is 4.79 Å². The molecule has 2 heteroatoms. The SMILES string of the molecule is C=C1c2ccccc2N(C)C(=O)C1(CC)CC. The highest BCUT2D eigenvalue weighted by atomic mass is 16.2. The van der Waals surface area contributed by atoms with Gasteiger partial charge in [0.25, 0.3) is 0 Å². The standard InChI is InChI=1S/C15H19NO/c1-5-15(6-2)11(3)12-9-7-8-10-13(12)16(4)14(15)17/h7-10H,3,5-6H2,1-2,4H3. The van der Waals surface area contributed by atoms with Crippen LogP contribution in [0, 0.1) is 5.41 Å². The molecule has 0 saturated carbocycles. The van der Waals surface area contributed by atoms with Gasteiger partial charge in [0.05, 0.1) is 11.1 Å². The molecule has 1 aliphatic heterocycles. The van der Waals surface area contributed by atoms with Gasteiger partial charge in [-0.1, -0.05) is 38.6 Å². The molecule has 0 aliphatic carbocycles. The van der Waals surface area contributed by atoms with E-state index in [4.69, 9.17) is 0 Å². The molecule has 1 aromatic carbocycles. The quantitative estimate of drug-likeness (QED) is 0.760. The third kappa shape index (κ3) is 1.43. The summed E-state index contributed by atoms with van der Waals surface area (Å²) in [5, 5.41) is 0. The van der Waals surface area contributed by atoms with E-state index in [2.05, 4.69) is 26.5 Å². The predicted molar refractivity (Wildman–Crippen MR) is 71.9 cm³/mol. The lowest BCUT2D eigenvalue weighted by Crippen LogP contribution is -2.46. The summed E-state index contributed by atoms with van der Waals surface area (Å²) < 4.78 is 0. The molecule has 90 valence electrons. The van der Waals surface area contributed by atoms with Crippen molar-refractivity contribution in [1.82, 2.24) is 0 Å². The summed E-state index contributed by atoms with van der Waals surface area (Å²) >= 11 is 0. The minimum Gasteiger partial charge on any atom is -0.314 e. The molecule has 1 heterocycles. The van der Waals surface area contributed by atoms with Gasteiger partial charge in [0.1, 0.15) is 0 Å². The number of rotatable bonds is 2. The molecule has 0 spiro atoms. The van der Waals surface area contributed by atoms with Crippen LogP contribution in [0.25, 0.3) is 5.57 Å². The molecule has 1 aliphatic rings. The number of amides is 1. The number of anilines is 1. The minimum absolute atomic E-state index is 0.172. The first-order valence-electron chi connectivity index (χ1n) is 6.15. The van der Waals surface area contributed by atoms with Crippen molar-refractivity contribution >= 4 is 17.2 Å². The number of para-hydroxylation sites is 1. The summed E-state index contributed by atoms with van der Waals surface area (Å²) in [6, 6.07) is 8.00. The highest BCUT2D eigenvalue weighted by molar-refractivity contribution is 6.11. The lowest BCUT2D eigenvalue weighted by Gasteiger charge is -2.42. The zero-order valence-electron chi connectivity index (χ0n) is 10.8. The molecule has 0 bridgehead atoms. The number of nitrogens with zero attached hydrogens (tertiary/aromatic N) is 1. The molecule has 0 atom stereocenters. The van der Waals surface area contributed by atoms with Crippen molar-refractivity contribution in [2.75, 3.05) is 11.9 Å². The number of carbonyl (C=O) groups excluding carboxylic acids is 1. The van der Waals surface area contributed by atoms with Gasteiger partial charge in [0.15, 0.2) is 0 Å². The predicted octanol–water partition coefficient (Wildman–Crippen LogP) is 3.48. The summed E-state index contributed by atoms with van der Waals surface area (Å²) in [6.45, 7) is 8.32. The van der Waals surface area contributed by atoms with Crippen molar-refractivity contribution in [2.45, 2.75) is 26.7 Å². The van der Waals surface area contributed by atoms with E-state index in [-0.39, 0.29) is 5.91 Å². The summed E-state index contributed by atoms with van der Waals surface area (Å²) in [5.41, 5.74) is 2.64. The molecule has 2 rings (SSSR count). The van der Waals surface area contributed by atoms with Gasteiger partial charge in [-0.3, -0.25) is 4.79 Å². The number of hydrogen-bond acceptors (Lipinski definition) is 1. The van der Waals surface area contributed by atoms with E-state index in [0.29, 0.717) is 0 Å². The number of benzene rings is 1. The van der Waals surface area contributed by atoms with Crippen molar-refractivity contribution in [3.63, 3.8) is 0 Å². The van der Waals surface area contributed by atoms with Crippen LogP contribution < -0.4 is 4.90 Å². The van der Waals surface area contributed by atoms with Crippen LogP contribution in [0.2, 0.25) is 0 Å². The first-order chi connectivity index (χ1) is 8.08. The lowest BCUT2D eigenvalue weighted by atomic mass is 9.69. The zero-order chi connectivity index (χ0) is 12.6. The van der Waals surface area contributed by atoms with Gasteiger partial charge in [-0.2, -0.15) is 0 Å². The molecule has 0 aromatic heterocycles. The molecule has 0 fully saturated rings. The largest absolute Gasteiger partial charge is 0.314 e. The fourth-order valence-electron chi connectivity index (χ4n) is 2.82. The minimum atomic E-state index is -0.414. The zero-order valence-corrected chi connectivity index (χ0v) is 10.8. The molecule has 17 heavy (non-hydrogen) atoms. The monoisotopic (exact) mass is 229 g/mol. The molecule has 2 nitrogen and oxygen atoms in total. The second kappa shape index (κ2) is 4.02. The molecular weight excluding hydrogens is 210 g/mol. The highest BCUT2D eigenvalue weighted by Crippen LogP contribution is 2.48. The summed E-state index contributed by atoms with van der Waals surface area (Å²) in [6.07, 6.45) is 1.61. The van der Waals surface area contributed by atoms with E-state index in [1.165, 1.54) is 0 Å². The maximum Gasteiger partial charge on any atom is 0.237 e. The van der Waals surface area contributed by atoms with Crippen molar-refractivity contribution in [3.05, 3.63) is 36.4 Å². The Labute approximate surface area is 103 Å². The first kappa shape index (κ1) is 11.9. The highest BCUT2D eigenvalue weighted by Gasteiger charge is 2.44. The number of fused-ring (bicyclic) bond motifs is 1. The van der Waals surface area contributed by atoms with Crippen LogP contribution >= 0.6 is 0 Å². The van der Waals surface area contributed by atoms with Crippen LogP contribution in [0.15, 0.2) is 30.8 Å². The number of carbonyl (C=O) groups is 1. The Bertz CT molecular complexity index is 472. The molecule has 1 amide bonds. The summed E-state index contributed by atoms with van der Waals surface area (Å²) in [4.78, 5) is 14.3. The van der Waals surface area contributed by atoms with Crippen molar-refractivity contribution in [1.29, 1.82) is 0 Å². The van der Waals surface area contributed by atoms with Gasteiger partial charge in [0, 0.05) is 12.6 Å². The fourth-order valence-corrected chi connectivity index (χ4v) is 2.82. The maximum absolute atomic E-state index is 12.5. The summed E-state index contributed by atoms with van der Waals surface area (Å²) in [7, 11) is 1.85. The lowest BCUT2D eigenvalue weighted by molar-refractivity contribution is -0.125. The number of hydrogen-bond donors (Lipinski definition) is 0. The van der Waals surface area contributed by atoms with Crippen molar-refractivity contribution in [3.8, 4) is 0 Å². The van der Waals surface area contributed by atoms with Crippen molar-refractivity contribution in [2.24, 2.45) is 5.41 Å². The Kier molecular flexibility index (Phi) is 2.82. The first-order valence-corrected chi connectivity index (χ1v) is 6.15. The van der Waals surface area contributed by atoms with Gasteiger partial charge in [-0.25, -0.2) is 0 Å². The molecule has 0 unspecified atom stereocenters. The van der Waals surface area contributed by atoms with E-state index in [9.17, 15) is 4.79 Å². The smallest absolute Gasteiger partial charge is 0.237 e. The van der Waals surface area contributed by atoms with Crippen LogP contribution in [-0.4, -0.2) is 13.0 Å². The molecular formula is C15H19NO. The van der Waals surface area contributed by atoms with Crippen LogP contribution in [0.5, 0.6) is 0 Å². The third-order valence-corrected chi connectivity index (χ3v) is 4.09. The normalized spacial score (nSPS) is 18.2. The van der Waals surface area contributed by atoms with Gasteiger partial charge in [-0.05, 0) is 24.5 Å². The van der Waals surface area contributed by atoms with Gasteiger partial charge < -0.3 is 4.90 Å². The average Bonchev–Trinajstić information content (AvgIpc) is 2.38. The van der Waals surface area contributed by atoms with Crippen molar-refractivity contribution < 1.29 is 4.79 Å². The molecule has 0 saturated heterocycles. The second-order valence-electron chi connectivity index (χ2n) is 4.65. The Hall–Kier alpha value is -1.57. The summed E-state index contributed by atoms with van der Waals surface area (Å²) in [5.74, 6) is 0.172. The maximum atomic E-state index is 12.5. The Morgan fingerprint density at radius 2 is 1.82 bits per heavy atom. The van der Waals surface area contributed by atoms with E-state index in [1.54, 1.807) is 4.90 Å². The topological polar surface area (TPSA) is 20.3 Å². The molecule has 1 aromatic rings. The fraction of sp³-hybridized carbons (Fsp3) is 0.400. The average molecular weight is 229 g/mol. The molecule has 0 N–H and O–H groups in total. The van der Waals surface area contributed by atoms with E-state index in [0.717, 1.165) is 29.7 Å². The van der Waals surface area contributed by atoms with E-state index >= 15 is 0 Å². The Morgan fingerprint density at radius 3 is 2.41 bits per heavy atom. The van der Waals surface area contributed by atoms with Crippen LogP contribution in [0.3, 0.4) is 0 Å². The van der Waals surface area contributed by atoms with Crippen LogP contribution in [0.1, 0.15) is 32.3 Å². The Balaban J connectivity index is 2.66. The Morgan fingerprint density at radius 1 is 1.24 bits per heavy atom. The van der Waals surface area contributed by atoms with Gasteiger partial charge in [0.2, 0.25) is 5.91 Å². The second-order valence-corrected chi connectivity index (χ2v) is 4.65. The van der Waals surface area contributed by atoms with Gasteiger partial charge in [-0.15, -0.1) is 0 Å².